The molecule has 0 aliphatic carbocycles. The molecule has 1 amide bonds. The third kappa shape index (κ3) is 3.48. The van der Waals surface area contributed by atoms with Gasteiger partial charge >= 0.3 is 0 Å². The van der Waals surface area contributed by atoms with Crippen LogP contribution in [0, 0.1) is 13.8 Å². The number of anilines is 1. The van der Waals surface area contributed by atoms with Gasteiger partial charge in [0.25, 0.3) is 0 Å². The molecule has 0 saturated heterocycles. The summed E-state index contributed by atoms with van der Waals surface area (Å²) < 4.78 is 3.62. The lowest BCUT2D eigenvalue weighted by atomic mass is 10.3. The molecule has 3 heterocycles. The number of nitrogens with one attached hydrogen (secondary N) is 1. The van der Waals surface area contributed by atoms with Crippen LogP contribution in [0.2, 0.25) is 0 Å². The van der Waals surface area contributed by atoms with Crippen molar-refractivity contribution in [3.63, 3.8) is 0 Å². The van der Waals surface area contributed by atoms with E-state index in [2.05, 4.69) is 25.6 Å². The maximum Gasteiger partial charge on any atom is 0.237 e. The second kappa shape index (κ2) is 7.28. The number of thioether (sulfide) groups is 1. The molecule has 0 unspecified atom stereocenters. The summed E-state index contributed by atoms with van der Waals surface area (Å²) in [5.74, 6) is 0.618. The fourth-order valence-electron chi connectivity index (χ4n) is 2.55. The molecule has 0 saturated carbocycles. The molecule has 26 heavy (non-hydrogen) atoms. The summed E-state index contributed by atoms with van der Waals surface area (Å²) in [4.78, 5) is 16.7. The zero-order chi connectivity index (χ0) is 18.8. The maximum atomic E-state index is 12.6. The van der Waals surface area contributed by atoms with E-state index in [-0.39, 0.29) is 11.2 Å². The molecule has 0 aromatic carbocycles. The van der Waals surface area contributed by atoms with E-state index in [1.807, 2.05) is 51.6 Å². The number of hydrogen-bond donors (Lipinski definition) is 1. The van der Waals surface area contributed by atoms with Crippen molar-refractivity contribution < 1.29 is 4.79 Å². The van der Waals surface area contributed by atoms with E-state index in [4.69, 9.17) is 0 Å². The highest BCUT2D eigenvalue weighted by molar-refractivity contribution is 8.00. The quantitative estimate of drug-likeness (QED) is 0.692. The van der Waals surface area contributed by atoms with E-state index in [1.165, 1.54) is 11.8 Å². The summed E-state index contributed by atoms with van der Waals surface area (Å²) in [6.07, 6.45) is 3.45. The van der Waals surface area contributed by atoms with E-state index in [0.717, 1.165) is 22.6 Å². The molecule has 9 heteroatoms. The van der Waals surface area contributed by atoms with Crippen LogP contribution in [0.15, 0.2) is 29.7 Å². The fourth-order valence-corrected chi connectivity index (χ4v) is 3.37. The second-order valence-corrected chi connectivity index (χ2v) is 7.33. The maximum absolute atomic E-state index is 12.6. The highest BCUT2D eigenvalue weighted by Crippen LogP contribution is 2.27. The van der Waals surface area contributed by atoms with Gasteiger partial charge in [-0.15, -0.1) is 10.2 Å². The standard InChI is InChI=1S/C17H21N7OS/c1-10-14(11(2)24(5)22-10)19-16(25)12(3)26-17-21-20-15(23(17)4)13-7-6-8-18-9-13/h6-9,12H,1-5H3,(H,19,25)/t12-/m0/s1. The van der Waals surface area contributed by atoms with Gasteiger partial charge in [0.2, 0.25) is 5.91 Å². The molecule has 136 valence electrons. The predicted octanol–water partition coefficient (Wildman–Crippen LogP) is 2.35. The number of pyridine rings is 1. The Morgan fingerprint density at radius 1 is 1.27 bits per heavy atom. The molecule has 8 nitrogen and oxygen atoms in total. The molecule has 1 N–H and O–H groups in total. The summed E-state index contributed by atoms with van der Waals surface area (Å²) in [6, 6.07) is 3.78. The monoisotopic (exact) mass is 371 g/mol. The van der Waals surface area contributed by atoms with Gasteiger partial charge in [-0.1, -0.05) is 11.8 Å². The van der Waals surface area contributed by atoms with E-state index in [9.17, 15) is 4.79 Å². The summed E-state index contributed by atoms with van der Waals surface area (Å²) in [5, 5.41) is 16.1. The number of carbonyl (C=O) groups excluding carboxylic acids is 1. The van der Waals surface area contributed by atoms with Crippen molar-refractivity contribution in [3.05, 3.63) is 35.9 Å². The topological polar surface area (TPSA) is 90.5 Å². The van der Waals surface area contributed by atoms with Crippen LogP contribution in [-0.2, 0) is 18.9 Å². The van der Waals surface area contributed by atoms with Crippen LogP contribution in [-0.4, -0.2) is 40.7 Å². The largest absolute Gasteiger partial charge is 0.322 e. The minimum absolute atomic E-state index is 0.0971. The van der Waals surface area contributed by atoms with Gasteiger partial charge in [0, 0.05) is 32.1 Å². The molecule has 1 atom stereocenters. The van der Waals surface area contributed by atoms with E-state index < -0.39 is 0 Å². The molecule has 3 aromatic rings. The Balaban J connectivity index is 1.73. The van der Waals surface area contributed by atoms with Crippen LogP contribution in [0.5, 0.6) is 0 Å². The van der Waals surface area contributed by atoms with Crippen LogP contribution in [0.3, 0.4) is 0 Å². The number of aryl methyl sites for hydroxylation is 2. The normalized spacial score (nSPS) is 12.2. The van der Waals surface area contributed by atoms with Crippen LogP contribution in [0.25, 0.3) is 11.4 Å². The Hall–Kier alpha value is -2.68. The van der Waals surface area contributed by atoms with Crippen LogP contribution >= 0.6 is 11.8 Å². The number of amides is 1. The zero-order valence-corrected chi connectivity index (χ0v) is 16.2. The van der Waals surface area contributed by atoms with Crippen molar-refractivity contribution in [1.82, 2.24) is 29.5 Å². The van der Waals surface area contributed by atoms with Crippen LogP contribution < -0.4 is 5.32 Å². The van der Waals surface area contributed by atoms with E-state index in [1.54, 1.807) is 17.1 Å². The van der Waals surface area contributed by atoms with Crippen LogP contribution in [0.1, 0.15) is 18.3 Å². The van der Waals surface area contributed by atoms with Gasteiger partial charge in [0.1, 0.15) is 0 Å². The number of hydrogen-bond acceptors (Lipinski definition) is 6. The predicted molar refractivity (Wildman–Crippen MR) is 101 cm³/mol. The second-order valence-electron chi connectivity index (χ2n) is 6.03. The zero-order valence-electron chi connectivity index (χ0n) is 15.4. The minimum atomic E-state index is -0.335. The summed E-state index contributed by atoms with van der Waals surface area (Å²) in [6.45, 7) is 5.65. The van der Waals surface area contributed by atoms with Crippen molar-refractivity contribution in [3.8, 4) is 11.4 Å². The average molecular weight is 371 g/mol. The number of nitrogens with zero attached hydrogens (tertiary/aromatic N) is 6. The van der Waals surface area contributed by atoms with E-state index >= 15 is 0 Å². The number of rotatable bonds is 5. The summed E-state index contributed by atoms with van der Waals surface area (Å²) >= 11 is 1.36. The Kier molecular flexibility index (Phi) is 5.08. The lowest BCUT2D eigenvalue weighted by molar-refractivity contribution is -0.115. The first-order valence-corrected chi connectivity index (χ1v) is 9.04. The third-order valence-corrected chi connectivity index (χ3v) is 5.30. The highest BCUT2D eigenvalue weighted by atomic mass is 32.2. The smallest absolute Gasteiger partial charge is 0.237 e. The first kappa shape index (κ1) is 18.1. The van der Waals surface area contributed by atoms with Gasteiger partial charge in [-0.05, 0) is 32.9 Å². The molecule has 3 aromatic heterocycles. The molecular weight excluding hydrogens is 350 g/mol. The third-order valence-electron chi connectivity index (χ3n) is 4.16. The highest BCUT2D eigenvalue weighted by Gasteiger charge is 2.21. The van der Waals surface area contributed by atoms with Gasteiger partial charge in [0.05, 0.1) is 22.3 Å². The summed E-state index contributed by atoms with van der Waals surface area (Å²) in [7, 11) is 3.74. The van der Waals surface area contributed by atoms with Gasteiger partial charge in [-0.3, -0.25) is 14.5 Å². The number of carbonyl (C=O) groups is 1. The van der Waals surface area contributed by atoms with Gasteiger partial charge < -0.3 is 9.88 Å². The minimum Gasteiger partial charge on any atom is -0.322 e. The van der Waals surface area contributed by atoms with Crippen molar-refractivity contribution in [2.45, 2.75) is 31.2 Å². The Morgan fingerprint density at radius 3 is 2.65 bits per heavy atom. The first-order chi connectivity index (χ1) is 12.4. The lowest BCUT2D eigenvalue weighted by Crippen LogP contribution is -2.23. The first-order valence-electron chi connectivity index (χ1n) is 8.16. The van der Waals surface area contributed by atoms with Gasteiger partial charge in [-0.25, -0.2) is 0 Å². The van der Waals surface area contributed by atoms with Crippen molar-refractivity contribution >= 4 is 23.4 Å². The molecule has 0 spiro atoms. The van der Waals surface area contributed by atoms with E-state index in [0.29, 0.717) is 11.0 Å². The fraction of sp³-hybridized carbons (Fsp3) is 0.353. The average Bonchev–Trinajstić information content (AvgIpc) is 3.10. The number of aromatic nitrogens is 6. The Labute approximate surface area is 156 Å². The molecule has 0 fully saturated rings. The van der Waals surface area contributed by atoms with Crippen molar-refractivity contribution in [2.75, 3.05) is 5.32 Å². The Morgan fingerprint density at radius 2 is 2.04 bits per heavy atom. The molecule has 0 radical (unpaired) electrons. The SMILES string of the molecule is Cc1nn(C)c(C)c1NC(=O)[C@H](C)Sc1nnc(-c2cccnc2)n1C. The van der Waals surface area contributed by atoms with Crippen molar-refractivity contribution in [1.29, 1.82) is 0 Å². The lowest BCUT2D eigenvalue weighted by Gasteiger charge is -2.12. The van der Waals surface area contributed by atoms with Gasteiger partial charge in [0.15, 0.2) is 11.0 Å². The molecule has 0 aliphatic heterocycles. The van der Waals surface area contributed by atoms with Crippen molar-refractivity contribution in [2.24, 2.45) is 14.1 Å². The molecule has 0 bridgehead atoms. The van der Waals surface area contributed by atoms with Gasteiger partial charge in [-0.2, -0.15) is 5.10 Å². The van der Waals surface area contributed by atoms with Crippen LogP contribution in [0.4, 0.5) is 5.69 Å². The molecular formula is C17H21N7OS. The Bertz CT molecular complexity index is 932. The summed E-state index contributed by atoms with van der Waals surface area (Å²) in [5.41, 5.74) is 3.37. The molecule has 0 aliphatic rings. The molecule has 3 rings (SSSR count).